The third-order valence-corrected chi connectivity index (χ3v) is 3.82. The number of hydrogen-bond acceptors (Lipinski definition) is 4. The fourth-order valence-corrected chi connectivity index (χ4v) is 2.64. The fourth-order valence-electron chi connectivity index (χ4n) is 1.92. The van der Waals surface area contributed by atoms with Gasteiger partial charge in [0.25, 0.3) is 5.91 Å². The molecule has 2 aromatic carbocycles. The molecule has 8 heteroatoms. The Kier molecular flexibility index (Phi) is 4.25. The Morgan fingerprint density at radius 2 is 1.45 bits per heavy atom. The van der Waals surface area contributed by atoms with Crippen molar-refractivity contribution in [2.24, 2.45) is 10.9 Å². The first-order valence-electron chi connectivity index (χ1n) is 6.13. The van der Waals surface area contributed by atoms with E-state index in [1.165, 1.54) is 36.4 Å². The highest BCUT2D eigenvalue weighted by atomic mass is 32.2. The summed E-state index contributed by atoms with van der Waals surface area (Å²) < 4.78 is 23.3. The summed E-state index contributed by atoms with van der Waals surface area (Å²) in [5.41, 5.74) is 5.25. The molecule has 22 heavy (non-hydrogen) atoms. The van der Waals surface area contributed by atoms with Crippen LogP contribution >= 0.6 is 0 Å². The number of urea groups is 1. The van der Waals surface area contributed by atoms with Gasteiger partial charge in [0, 0.05) is 5.56 Å². The van der Waals surface area contributed by atoms with Gasteiger partial charge in [-0.05, 0) is 24.3 Å². The van der Waals surface area contributed by atoms with Gasteiger partial charge in [0.05, 0.1) is 5.69 Å². The zero-order valence-corrected chi connectivity index (χ0v) is 12.2. The number of nitrogens with two attached hydrogens (primary N) is 2. The number of amides is 3. The average Bonchev–Trinajstić information content (AvgIpc) is 2.47. The molecule has 0 unspecified atom stereocenters. The first-order chi connectivity index (χ1) is 10.3. The highest BCUT2D eigenvalue weighted by Crippen LogP contribution is 2.25. The maximum Gasteiger partial charge on any atom is 0.326 e. The van der Waals surface area contributed by atoms with Crippen molar-refractivity contribution in [3.63, 3.8) is 0 Å². The Labute approximate surface area is 127 Å². The quantitative estimate of drug-likeness (QED) is 0.877. The van der Waals surface area contributed by atoms with Gasteiger partial charge in [0.1, 0.15) is 4.90 Å². The molecule has 0 atom stereocenters. The summed E-state index contributed by atoms with van der Waals surface area (Å²) in [6.45, 7) is 0. The lowest BCUT2D eigenvalue weighted by Gasteiger charge is -2.20. The number of hydrogen-bond donors (Lipinski definition) is 2. The normalized spacial score (nSPS) is 11.0. The number of carbonyl (C=O) groups is 2. The van der Waals surface area contributed by atoms with Gasteiger partial charge in [-0.1, -0.05) is 30.3 Å². The third-order valence-electron chi connectivity index (χ3n) is 2.86. The molecule has 0 aromatic heterocycles. The van der Waals surface area contributed by atoms with Crippen molar-refractivity contribution < 1.29 is 18.0 Å². The lowest BCUT2D eigenvalue weighted by atomic mass is 10.2. The largest absolute Gasteiger partial charge is 0.351 e. The molecule has 0 saturated carbocycles. The van der Waals surface area contributed by atoms with Gasteiger partial charge < -0.3 is 5.73 Å². The molecular formula is C14H13N3O4S. The monoisotopic (exact) mass is 319 g/mol. The molecule has 0 aliphatic carbocycles. The van der Waals surface area contributed by atoms with Crippen molar-refractivity contribution >= 4 is 27.6 Å². The molecule has 3 amide bonds. The topological polar surface area (TPSA) is 124 Å². The van der Waals surface area contributed by atoms with Crippen LogP contribution in [0.4, 0.5) is 10.5 Å². The van der Waals surface area contributed by atoms with Crippen LogP contribution in [0.5, 0.6) is 0 Å². The standard InChI is InChI=1S/C14H13N3O4S/c15-14(19)17(13(18)10-6-2-1-3-7-10)11-8-4-5-9-12(11)22(16,20)21/h1-9H,(H2,15,19)(H2,16,20,21). The van der Waals surface area contributed by atoms with E-state index in [9.17, 15) is 18.0 Å². The average molecular weight is 319 g/mol. The molecule has 0 spiro atoms. The molecule has 0 saturated heterocycles. The zero-order valence-electron chi connectivity index (χ0n) is 11.3. The van der Waals surface area contributed by atoms with Crippen LogP contribution in [-0.4, -0.2) is 20.4 Å². The van der Waals surface area contributed by atoms with Gasteiger partial charge in [-0.25, -0.2) is 23.3 Å². The number of primary sulfonamides is 1. The van der Waals surface area contributed by atoms with Crippen LogP contribution in [0, 0.1) is 0 Å². The van der Waals surface area contributed by atoms with Crippen molar-refractivity contribution in [3.05, 3.63) is 60.2 Å². The summed E-state index contributed by atoms with van der Waals surface area (Å²) in [6, 6.07) is 12.2. The highest BCUT2D eigenvalue weighted by molar-refractivity contribution is 7.89. The maximum atomic E-state index is 12.5. The maximum absolute atomic E-state index is 12.5. The van der Waals surface area contributed by atoms with Gasteiger partial charge in [0.2, 0.25) is 10.0 Å². The first-order valence-corrected chi connectivity index (χ1v) is 7.68. The third kappa shape index (κ3) is 3.13. The van der Waals surface area contributed by atoms with Gasteiger partial charge >= 0.3 is 6.03 Å². The number of anilines is 1. The van der Waals surface area contributed by atoms with Crippen LogP contribution in [-0.2, 0) is 10.0 Å². The molecule has 7 nitrogen and oxygen atoms in total. The van der Waals surface area contributed by atoms with E-state index < -0.39 is 22.0 Å². The summed E-state index contributed by atoms with van der Waals surface area (Å²) in [7, 11) is -4.13. The zero-order chi connectivity index (χ0) is 16.3. The van der Waals surface area contributed by atoms with E-state index in [1.54, 1.807) is 18.2 Å². The lowest BCUT2D eigenvalue weighted by Crippen LogP contribution is -2.41. The van der Waals surface area contributed by atoms with Crippen LogP contribution in [0.2, 0.25) is 0 Å². The number of carbonyl (C=O) groups excluding carboxylic acids is 2. The Balaban J connectivity index is 2.61. The van der Waals surface area contributed by atoms with Gasteiger partial charge in [0.15, 0.2) is 0 Å². The number of primary amides is 1. The molecule has 0 aliphatic rings. The Bertz CT molecular complexity index is 819. The van der Waals surface area contributed by atoms with E-state index in [-0.39, 0.29) is 16.1 Å². The van der Waals surface area contributed by atoms with E-state index in [0.717, 1.165) is 0 Å². The number of sulfonamides is 1. The lowest BCUT2D eigenvalue weighted by molar-refractivity contribution is 0.0995. The molecule has 0 radical (unpaired) electrons. The van der Waals surface area contributed by atoms with E-state index in [0.29, 0.717) is 4.90 Å². The Hall–Kier alpha value is -2.71. The number of imide groups is 1. The van der Waals surface area contributed by atoms with Gasteiger partial charge in [-0.3, -0.25) is 4.79 Å². The Morgan fingerprint density at radius 1 is 0.909 bits per heavy atom. The summed E-state index contributed by atoms with van der Waals surface area (Å²) in [5, 5.41) is 5.12. The summed E-state index contributed by atoms with van der Waals surface area (Å²) in [6.07, 6.45) is 0. The van der Waals surface area contributed by atoms with Crippen molar-refractivity contribution in [3.8, 4) is 0 Å². The molecule has 2 rings (SSSR count). The number of nitrogens with zero attached hydrogens (tertiary/aromatic N) is 1. The fraction of sp³-hybridized carbons (Fsp3) is 0. The summed E-state index contributed by atoms with van der Waals surface area (Å²) >= 11 is 0. The molecule has 0 heterocycles. The molecule has 0 fully saturated rings. The van der Waals surface area contributed by atoms with Crippen molar-refractivity contribution in [2.45, 2.75) is 4.90 Å². The SMILES string of the molecule is NC(=O)N(C(=O)c1ccccc1)c1ccccc1S(N)(=O)=O. The minimum Gasteiger partial charge on any atom is -0.351 e. The minimum atomic E-state index is -4.13. The van der Waals surface area contributed by atoms with Gasteiger partial charge in [-0.2, -0.15) is 0 Å². The number of para-hydroxylation sites is 1. The number of benzene rings is 2. The van der Waals surface area contributed by atoms with E-state index >= 15 is 0 Å². The second-order valence-corrected chi connectivity index (χ2v) is 5.89. The molecule has 114 valence electrons. The van der Waals surface area contributed by atoms with Crippen molar-refractivity contribution in [1.29, 1.82) is 0 Å². The Morgan fingerprint density at radius 3 is 2.00 bits per heavy atom. The van der Waals surface area contributed by atoms with Crippen LogP contribution in [0.25, 0.3) is 0 Å². The van der Waals surface area contributed by atoms with E-state index in [1.807, 2.05) is 0 Å². The van der Waals surface area contributed by atoms with Crippen LogP contribution in [0.1, 0.15) is 10.4 Å². The van der Waals surface area contributed by atoms with Crippen LogP contribution in [0.15, 0.2) is 59.5 Å². The number of rotatable bonds is 3. The van der Waals surface area contributed by atoms with Crippen LogP contribution < -0.4 is 15.8 Å². The molecule has 4 N–H and O–H groups in total. The van der Waals surface area contributed by atoms with Gasteiger partial charge in [-0.15, -0.1) is 0 Å². The first kappa shape index (κ1) is 15.7. The second kappa shape index (κ2) is 5.96. The predicted octanol–water partition coefficient (Wildman–Crippen LogP) is 1.06. The molecule has 0 bridgehead atoms. The minimum absolute atomic E-state index is 0.186. The summed E-state index contributed by atoms with van der Waals surface area (Å²) in [5.74, 6) is -0.746. The second-order valence-electron chi connectivity index (χ2n) is 4.36. The highest BCUT2D eigenvalue weighted by Gasteiger charge is 2.27. The van der Waals surface area contributed by atoms with Crippen LogP contribution in [0.3, 0.4) is 0 Å². The van der Waals surface area contributed by atoms with Crippen molar-refractivity contribution in [1.82, 2.24) is 0 Å². The molecule has 2 aromatic rings. The smallest absolute Gasteiger partial charge is 0.326 e. The molecule has 0 aliphatic heterocycles. The summed E-state index contributed by atoms with van der Waals surface area (Å²) in [4.78, 5) is 24.4. The van der Waals surface area contributed by atoms with E-state index in [4.69, 9.17) is 10.9 Å². The predicted molar refractivity (Wildman–Crippen MR) is 80.7 cm³/mol. The van der Waals surface area contributed by atoms with Crippen molar-refractivity contribution in [2.75, 3.05) is 4.90 Å². The van der Waals surface area contributed by atoms with E-state index in [2.05, 4.69) is 0 Å². The molecular weight excluding hydrogens is 306 g/mol.